The normalized spacial score (nSPS) is 25.9. The molecule has 1 atom stereocenters. The van der Waals surface area contributed by atoms with Gasteiger partial charge in [-0.2, -0.15) is 0 Å². The molecule has 2 aliphatic rings. The van der Waals surface area contributed by atoms with Crippen LogP contribution in [0, 0.1) is 12.8 Å². The highest BCUT2D eigenvalue weighted by Gasteiger charge is 2.44. The average Bonchev–Trinajstić information content (AvgIpc) is 2.86. The third kappa shape index (κ3) is 3.84. The van der Waals surface area contributed by atoms with E-state index in [2.05, 4.69) is 6.92 Å². The fourth-order valence-electron chi connectivity index (χ4n) is 3.99. The molecule has 1 heterocycles. The Morgan fingerprint density at radius 2 is 1.67 bits per heavy atom. The number of carbonyl (C=O) groups is 3. The minimum atomic E-state index is -0.603. The van der Waals surface area contributed by atoms with Crippen molar-refractivity contribution in [2.75, 3.05) is 18.5 Å². The first-order valence-electron chi connectivity index (χ1n) is 9.76. The number of urea groups is 1. The number of nitrogens with zero attached hydrogens (tertiary/aromatic N) is 3. The highest BCUT2D eigenvalue weighted by molar-refractivity contribution is 6.15. The fourth-order valence-corrected chi connectivity index (χ4v) is 3.99. The van der Waals surface area contributed by atoms with Crippen molar-refractivity contribution in [1.29, 1.82) is 0 Å². The first-order chi connectivity index (χ1) is 12.8. The van der Waals surface area contributed by atoms with E-state index in [1.54, 1.807) is 18.9 Å². The van der Waals surface area contributed by atoms with Crippen molar-refractivity contribution in [2.24, 2.45) is 5.92 Å². The lowest BCUT2D eigenvalue weighted by atomic mass is 9.87. The second kappa shape index (κ2) is 7.71. The Kier molecular flexibility index (Phi) is 5.53. The van der Waals surface area contributed by atoms with Crippen LogP contribution in [0.4, 0.5) is 10.5 Å². The van der Waals surface area contributed by atoms with Gasteiger partial charge in [0.1, 0.15) is 12.6 Å². The van der Waals surface area contributed by atoms with Crippen LogP contribution in [0.1, 0.15) is 45.1 Å². The molecule has 6 heteroatoms. The molecule has 1 aliphatic carbocycles. The quantitative estimate of drug-likeness (QED) is 0.764. The molecule has 0 aromatic heterocycles. The van der Waals surface area contributed by atoms with E-state index in [0.29, 0.717) is 11.6 Å². The molecule has 3 rings (SSSR count). The van der Waals surface area contributed by atoms with E-state index in [0.717, 1.165) is 36.1 Å². The van der Waals surface area contributed by atoms with Crippen molar-refractivity contribution in [3.63, 3.8) is 0 Å². The van der Waals surface area contributed by atoms with E-state index in [-0.39, 0.29) is 24.4 Å². The number of rotatable bonds is 4. The van der Waals surface area contributed by atoms with Crippen LogP contribution in [0.3, 0.4) is 0 Å². The van der Waals surface area contributed by atoms with Crippen LogP contribution in [0.5, 0.6) is 0 Å². The van der Waals surface area contributed by atoms with Crippen molar-refractivity contribution in [1.82, 2.24) is 9.80 Å². The smallest absolute Gasteiger partial charge is 0.332 e. The lowest BCUT2D eigenvalue weighted by molar-refractivity contribution is -0.138. The summed E-state index contributed by atoms with van der Waals surface area (Å²) in [7, 11) is 1.79. The molecule has 0 bridgehead atoms. The van der Waals surface area contributed by atoms with Gasteiger partial charge in [-0.15, -0.1) is 0 Å². The van der Waals surface area contributed by atoms with E-state index in [9.17, 15) is 14.4 Å². The molecule has 2 fully saturated rings. The van der Waals surface area contributed by atoms with E-state index in [1.165, 1.54) is 4.90 Å². The maximum Gasteiger partial charge on any atom is 0.332 e. The number of imide groups is 1. The summed E-state index contributed by atoms with van der Waals surface area (Å²) in [5.41, 5.74) is 1.76. The monoisotopic (exact) mass is 371 g/mol. The van der Waals surface area contributed by atoms with E-state index in [4.69, 9.17) is 0 Å². The van der Waals surface area contributed by atoms with Gasteiger partial charge >= 0.3 is 6.03 Å². The number of hydrogen-bond donors (Lipinski definition) is 0. The Morgan fingerprint density at radius 3 is 2.26 bits per heavy atom. The van der Waals surface area contributed by atoms with Gasteiger partial charge in [-0.1, -0.05) is 24.6 Å². The van der Waals surface area contributed by atoms with Gasteiger partial charge in [-0.3, -0.25) is 19.4 Å². The van der Waals surface area contributed by atoms with Crippen molar-refractivity contribution in [3.8, 4) is 0 Å². The minimum Gasteiger partial charge on any atom is -0.341 e. The van der Waals surface area contributed by atoms with Crippen LogP contribution in [-0.4, -0.2) is 53.3 Å². The van der Waals surface area contributed by atoms with Crippen LogP contribution in [0.15, 0.2) is 24.3 Å². The Morgan fingerprint density at radius 1 is 1.07 bits per heavy atom. The molecule has 27 heavy (non-hydrogen) atoms. The standard InChI is InChI=1S/C21H29N3O3/c1-14-5-9-17(10-6-14)22(4)19(25)13-23-20(26)16(3)24(21(23)27)18-11-7-15(2)8-12-18/h7-8,11-12,14,16-17H,5-6,9-10,13H2,1-4H3/t14?,16-,17?/m1/s1. The number of hydrogen-bond acceptors (Lipinski definition) is 3. The van der Waals surface area contributed by atoms with Gasteiger partial charge in [-0.05, 0) is 57.6 Å². The molecule has 1 saturated heterocycles. The Bertz CT molecular complexity index is 723. The van der Waals surface area contributed by atoms with Gasteiger partial charge in [0.2, 0.25) is 5.91 Å². The molecule has 1 aromatic rings. The molecule has 0 radical (unpaired) electrons. The van der Waals surface area contributed by atoms with Gasteiger partial charge in [-0.25, -0.2) is 4.79 Å². The van der Waals surface area contributed by atoms with Crippen molar-refractivity contribution >= 4 is 23.5 Å². The summed E-state index contributed by atoms with van der Waals surface area (Å²) >= 11 is 0. The first kappa shape index (κ1) is 19.4. The number of benzene rings is 1. The number of likely N-dealkylation sites (N-methyl/N-ethyl adjacent to an activating group) is 1. The van der Waals surface area contributed by atoms with Gasteiger partial charge in [0.25, 0.3) is 5.91 Å². The molecule has 0 N–H and O–H groups in total. The van der Waals surface area contributed by atoms with Gasteiger partial charge in [0, 0.05) is 18.8 Å². The molecule has 0 unspecified atom stereocenters. The highest BCUT2D eigenvalue weighted by Crippen LogP contribution is 2.28. The zero-order valence-corrected chi connectivity index (χ0v) is 16.6. The first-order valence-corrected chi connectivity index (χ1v) is 9.76. The van der Waals surface area contributed by atoms with Crippen LogP contribution in [-0.2, 0) is 9.59 Å². The van der Waals surface area contributed by atoms with Crippen molar-refractivity contribution in [3.05, 3.63) is 29.8 Å². The second-order valence-electron chi connectivity index (χ2n) is 8.01. The number of anilines is 1. The summed E-state index contributed by atoms with van der Waals surface area (Å²) in [4.78, 5) is 42.5. The molecule has 6 nitrogen and oxygen atoms in total. The Balaban J connectivity index is 1.69. The van der Waals surface area contributed by atoms with Crippen LogP contribution < -0.4 is 4.90 Å². The van der Waals surface area contributed by atoms with Crippen molar-refractivity contribution < 1.29 is 14.4 Å². The van der Waals surface area contributed by atoms with E-state index < -0.39 is 12.1 Å². The summed E-state index contributed by atoms with van der Waals surface area (Å²) in [6, 6.07) is 6.66. The largest absolute Gasteiger partial charge is 0.341 e. The SMILES string of the molecule is Cc1ccc(N2C(=O)N(CC(=O)N(C)C3CCC(C)CC3)C(=O)[C@H]2C)cc1. The summed E-state index contributed by atoms with van der Waals surface area (Å²) < 4.78 is 0. The maximum absolute atomic E-state index is 12.8. The Labute approximate surface area is 161 Å². The summed E-state index contributed by atoms with van der Waals surface area (Å²) in [6.45, 7) is 5.72. The lowest BCUT2D eigenvalue weighted by Crippen LogP contribution is -2.46. The Hall–Kier alpha value is -2.37. The third-order valence-corrected chi connectivity index (χ3v) is 5.98. The third-order valence-electron chi connectivity index (χ3n) is 5.98. The predicted molar refractivity (Wildman–Crippen MR) is 104 cm³/mol. The van der Waals surface area contributed by atoms with Gasteiger partial charge in [0.15, 0.2) is 0 Å². The van der Waals surface area contributed by atoms with E-state index >= 15 is 0 Å². The summed E-state index contributed by atoms with van der Waals surface area (Å²) in [5.74, 6) is 0.212. The van der Waals surface area contributed by atoms with Crippen LogP contribution in [0.2, 0.25) is 0 Å². The molecule has 0 spiro atoms. The number of carbonyl (C=O) groups excluding carboxylic acids is 3. The van der Waals surface area contributed by atoms with Crippen LogP contribution >= 0.6 is 0 Å². The zero-order valence-electron chi connectivity index (χ0n) is 16.6. The fraction of sp³-hybridized carbons (Fsp3) is 0.571. The van der Waals surface area contributed by atoms with Crippen molar-refractivity contribution in [2.45, 2.75) is 58.5 Å². The lowest BCUT2D eigenvalue weighted by Gasteiger charge is -2.34. The van der Waals surface area contributed by atoms with Crippen LogP contribution in [0.25, 0.3) is 0 Å². The molecule has 1 saturated carbocycles. The molecule has 1 aliphatic heterocycles. The minimum absolute atomic E-state index is 0.172. The van der Waals surface area contributed by atoms with Gasteiger partial charge < -0.3 is 4.90 Å². The molecule has 146 valence electrons. The zero-order chi connectivity index (χ0) is 19.7. The topological polar surface area (TPSA) is 60.9 Å². The molecular formula is C21H29N3O3. The second-order valence-corrected chi connectivity index (χ2v) is 8.01. The predicted octanol–water partition coefficient (Wildman–Crippen LogP) is 3.19. The molecule has 1 aromatic carbocycles. The molecule has 4 amide bonds. The number of aryl methyl sites for hydroxylation is 1. The number of amides is 4. The summed E-state index contributed by atoms with van der Waals surface area (Å²) in [5, 5.41) is 0. The van der Waals surface area contributed by atoms with E-state index in [1.807, 2.05) is 31.2 Å². The average molecular weight is 371 g/mol. The highest BCUT2D eigenvalue weighted by atomic mass is 16.2. The maximum atomic E-state index is 12.8. The molecular weight excluding hydrogens is 342 g/mol. The summed E-state index contributed by atoms with van der Waals surface area (Å²) in [6.07, 6.45) is 4.19. The van der Waals surface area contributed by atoms with Gasteiger partial charge in [0.05, 0.1) is 0 Å².